The zero-order chi connectivity index (χ0) is 22.5. The highest BCUT2D eigenvalue weighted by molar-refractivity contribution is 5.91. The molecule has 1 fully saturated rings. The molecule has 32 heavy (non-hydrogen) atoms. The lowest BCUT2D eigenvalue weighted by Crippen LogP contribution is -2.48. The number of hydrogen-bond donors (Lipinski definition) is 0. The lowest BCUT2D eigenvalue weighted by Gasteiger charge is -2.34. The molecule has 2 heterocycles. The molecule has 166 valence electrons. The molecule has 0 unspecified atom stereocenters. The van der Waals surface area contributed by atoms with Crippen molar-refractivity contribution >= 4 is 11.6 Å². The summed E-state index contributed by atoms with van der Waals surface area (Å²) in [5.41, 5.74) is 2.54. The normalized spacial score (nSPS) is 14.3. The molecule has 1 amide bonds. The highest BCUT2D eigenvalue weighted by Gasteiger charge is 2.24. The number of carbonyl (C=O) groups excluding carboxylic acids is 1. The number of amides is 1. The summed E-state index contributed by atoms with van der Waals surface area (Å²) in [6, 6.07) is 17.7. The van der Waals surface area contributed by atoms with Crippen molar-refractivity contribution in [1.29, 1.82) is 0 Å². The third kappa shape index (κ3) is 5.33. The number of benzene rings is 2. The Morgan fingerprint density at radius 3 is 2.50 bits per heavy atom. The molecule has 0 saturated carbocycles. The van der Waals surface area contributed by atoms with E-state index in [4.69, 9.17) is 9.15 Å². The molecule has 2 aromatic carbocycles. The lowest BCUT2D eigenvalue weighted by molar-refractivity contribution is -0.384. The lowest BCUT2D eigenvalue weighted by atomic mass is 10.1. The number of furan rings is 1. The Labute approximate surface area is 186 Å². The van der Waals surface area contributed by atoms with Crippen molar-refractivity contribution < 1.29 is 18.9 Å². The van der Waals surface area contributed by atoms with E-state index in [-0.39, 0.29) is 18.2 Å². The van der Waals surface area contributed by atoms with E-state index in [2.05, 4.69) is 36.1 Å². The van der Waals surface area contributed by atoms with Crippen LogP contribution in [0.15, 0.2) is 65.1 Å². The Balaban J connectivity index is 1.27. The van der Waals surface area contributed by atoms with Gasteiger partial charge < -0.3 is 14.1 Å². The number of piperazine rings is 1. The molecule has 1 aliphatic heterocycles. The van der Waals surface area contributed by atoms with Gasteiger partial charge in [-0.05, 0) is 36.8 Å². The van der Waals surface area contributed by atoms with Gasteiger partial charge in [-0.2, -0.15) is 0 Å². The number of nitro benzene ring substituents is 1. The van der Waals surface area contributed by atoms with Gasteiger partial charge in [-0.1, -0.05) is 29.8 Å². The highest BCUT2D eigenvalue weighted by Crippen LogP contribution is 2.20. The predicted octanol–water partition coefficient (Wildman–Crippen LogP) is 4.03. The number of non-ortho nitro benzene ring substituents is 1. The zero-order valence-corrected chi connectivity index (χ0v) is 17.9. The van der Waals surface area contributed by atoms with Crippen LogP contribution in [0.5, 0.6) is 5.75 Å². The van der Waals surface area contributed by atoms with Gasteiger partial charge in [0.15, 0.2) is 5.76 Å². The molecular formula is C24H25N3O5. The second-order valence-electron chi connectivity index (χ2n) is 7.86. The minimum absolute atomic E-state index is 0.00205. The van der Waals surface area contributed by atoms with Crippen LogP contribution < -0.4 is 4.74 Å². The summed E-state index contributed by atoms with van der Waals surface area (Å²) in [5, 5.41) is 10.7. The number of nitro groups is 1. The van der Waals surface area contributed by atoms with Crippen LogP contribution in [-0.2, 0) is 13.2 Å². The summed E-state index contributed by atoms with van der Waals surface area (Å²) >= 11 is 0. The molecule has 3 aromatic rings. The molecule has 0 aliphatic carbocycles. The van der Waals surface area contributed by atoms with Crippen LogP contribution >= 0.6 is 0 Å². The molecule has 8 nitrogen and oxygen atoms in total. The monoisotopic (exact) mass is 435 g/mol. The summed E-state index contributed by atoms with van der Waals surface area (Å²) in [4.78, 5) is 27.2. The molecule has 0 spiro atoms. The Kier molecular flexibility index (Phi) is 6.51. The van der Waals surface area contributed by atoms with Crippen molar-refractivity contribution in [1.82, 2.24) is 9.80 Å². The summed E-state index contributed by atoms with van der Waals surface area (Å²) in [6.45, 7) is 6.05. The number of ether oxygens (including phenoxy) is 1. The minimum Gasteiger partial charge on any atom is -0.486 e. The first-order chi connectivity index (χ1) is 15.5. The first-order valence-electron chi connectivity index (χ1n) is 10.5. The Bertz CT molecular complexity index is 1090. The van der Waals surface area contributed by atoms with Gasteiger partial charge in [0.25, 0.3) is 11.6 Å². The van der Waals surface area contributed by atoms with E-state index in [1.54, 1.807) is 12.1 Å². The summed E-state index contributed by atoms with van der Waals surface area (Å²) in [6.07, 6.45) is 0. The average molecular weight is 435 g/mol. The van der Waals surface area contributed by atoms with Gasteiger partial charge >= 0.3 is 0 Å². The minimum atomic E-state index is -0.462. The van der Waals surface area contributed by atoms with E-state index in [0.29, 0.717) is 30.4 Å². The number of hydrogen-bond acceptors (Lipinski definition) is 6. The van der Waals surface area contributed by atoms with E-state index in [1.165, 1.54) is 35.4 Å². The summed E-state index contributed by atoms with van der Waals surface area (Å²) in [5.74, 6) is 1.18. The third-order valence-electron chi connectivity index (χ3n) is 5.45. The average Bonchev–Trinajstić information content (AvgIpc) is 3.27. The smallest absolute Gasteiger partial charge is 0.289 e. The quantitative estimate of drug-likeness (QED) is 0.411. The fraction of sp³-hybridized carbons (Fsp3) is 0.292. The Hall–Kier alpha value is -3.65. The molecule has 1 aliphatic rings. The molecule has 8 heteroatoms. The maximum Gasteiger partial charge on any atom is 0.289 e. The zero-order valence-electron chi connectivity index (χ0n) is 17.9. The van der Waals surface area contributed by atoms with E-state index in [9.17, 15) is 14.9 Å². The van der Waals surface area contributed by atoms with Crippen LogP contribution in [0.25, 0.3) is 0 Å². The van der Waals surface area contributed by atoms with Gasteiger partial charge in [0, 0.05) is 44.9 Å². The fourth-order valence-corrected chi connectivity index (χ4v) is 3.72. The first-order valence-corrected chi connectivity index (χ1v) is 10.5. The molecule has 1 aromatic heterocycles. The van der Waals surface area contributed by atoms with Gasteiger partial charge in [-0.3, -0.25) is 19.8 Å². The molecular weight excluding hydrogens is 410 g/mol. The van der Waals surface area contributed by atoms with Crippen molar-refractivity contribution in [2.75, 3.05) is 26.2 Å². The second kappa shape index (κ2) is 9.65. The maximum atomic E-state index is 12.8. The molecule has 0 radical (unpaired) electrons. The predicted molar refractivity (Wildman–Crippen MR) is 118 cm³/mol. The highest BCUT2D eigenvalue weighted by atomic mass is 16.6. The standard InChI is InChI=1S/C24H25N3O5/c1-18-3-2-4-19(15-18)16-25-11-13-26(14-12-25)24(28)23-10-9-22(32-23)17-31-21-7-5-20(6-8-21)27(29)30/h2-10,15H,11-14,16-17H2,1H3. The van der Waals surface area contributed by atoms with Gasteiger partial charge in [0.1, 0.15) is 18.1 Å². The van der Waals surface area contributed by atoms with Gasteiger partial charge in [-0.25, -0.2) is 0 Å². The van der Waals surface area contributed by atoms with Gasteiger partial charge in [0.05, 0.1) is 4.92 Å². The number of rotatable bonds is 7. The van der Waals surface area contributed by atoms with Crippen molar-refractivity contribution in [3.05, 3.63) is 93.4 Å². The van der Waals surface area contributed by atoms with Crippen LogP contribution in [0.4, 0.5) is 5.69 Å². The molecule has 0 N–H and O–H groups in total. The number of carbonyl (C=O) groups is 1. The van der Waals surface area contributed by atoms with Gasteiger partial charge in [0.2, 0.25) is 0 Å². The number of aryl methyl sites for hydroxylation is 1. The number of nitrogens with zero attached hydrogens (tertiary/aromatic N) is 3. The second-order valence-corrected chi connectivity index (χ2v) is 7.86. The molecule has 0 bridgehead atoms. The van der Waals surface area contributed by atoms with Crippen LogP contribution in [0, 0.1) is 17.0 Å². The largest absolute Gasteiger partial charge is 0.486 e. The third-order valence-corrected chi connectivity index (χ3v) is 5.45. The van der Waals surface area contributed by atoms with E-state index in [0.717, 1.165) is 19.6 Å². The maximum absolute atomic E-state index is 12.8. The summed E-state index contributed by atoms with van der Waals surface area (Å²) in [7, 11) is 0. The van der Waals surface area contributed by atoms with Crippen molar-refractivity contribution in [2.24, 2.45) is 0 Å². The fourth-order valence-electron chi connectivity index (χ4n) is 3.72. The first kappa shape index (κ1) is 21.6. The topological polar surface area (TPSA) is 89.1 Å². The van der Waals surface area contributed by atoms with E-state index >= 15 is 0 Å². The van der Waals surface area contributed by atoms with Crippen LogP contribution in [0.1, 0.15) is 27.4 Å². The van der Waals surface area contributed by atoms with E-state index < -0.39 is 4.92 Å². The SMILES string of the molecule is Cc1cccc(CN2CCN(C(=O)c3ccc(COc4ccc([N+](=O)[O-])cc4)o3)CC2)c1. The Morgan fingerprint density at radius 1 is 1.06 bits per heavy atom. The van der Waals surface area contributed by atoms with Crippen molar-refractivity contribution in [3.63, 3.8) is 0 Å². The van der Waals surface area contributed by atoms with Gasteiger partial charge in [-0.15, -0.1) is 0 Å². The summed E-state index contributed by atoms with van der Waals surface area (Å²) < 4.78 is 11.3. The van der Waals surface area contributed by atoms with Crippen molar-refractivity contribution in [3.8, 4) is 5.75 Å². The van der Waals surface area contributed by atoms with Crippen molar-refractivity contribution in [2.45, 2.75) is 20.1 Å². The molecule has 0 atom stereocenters. The molecule has 1 saturated heterocycles. The van der Waals surface area contributed by atoms with E-state index in [1.807, 2.05) is 4.90 Å². The molecule has 4 rings (SSSR count). The Morgan fingerprint density at radius 2 is 1.81 bits per heavy atom. The van der Waals surface area contributed by atoms with Crippen LogP contribution in [0.2, 0.25) is 0 Å². The van der Waals surface area contributed by atoms with Crippen LogP contribution in [-0.4, -0.2) is 46.8 Å². The van der Waals surface area contributed by atoms with Crippen LogP contribution in [0.3, 0.4) is 0 Å².